The second kappa shape index (κ2) is 4.77. The fourth-order valence-corrected chi connectivity index (χ4v) is 1.85. The Kier molecular flexibility index (Phi) is 3.36. The van der Waals surface area contributed by atoms with Crippen LogP contribution in [0.1, 0.15) is 63.8 Å². The molecule has 0 spiro atoms. The van der Waals surface area contributed by atoms with Crippen LogP contribution in [0.25, 0.3) is 5.65 Å². The van der Waals surface area contributed by atoms with Gasteiger partial charge in [0.2, 0.25) is 5.65 Å². The summed E-state index contributed by atoms with van der Waals surface area (Å²) in [5.74, 6) is 0.800. The average molecular weight is 233 g/mol. The average Bonchev–Trinajstić information content (AvgIpc) is 2.84. The van der Waals surface area contributed by atoms with Crippen molar-refractivity contribution >= 4 is 5.65 Å². The molecule has 2 aromatic rings. The highest BCUT2D eigenvalue weighted by Crippen LogP contribution is 2.23. The van der Waals surface area contributed by atoms with Crippen molar-refractivity contribution in [1.82, 2.24) is 25.0 Å². The van der Waals surface area contributed by atoms with Gasteiger partial charge in [0.05, 0.1) is 11.4 Å². The highest BCUT2D eigenvalue weighted by molar-refractivity contribution is 5.44. The maximum absolute atomic E-state index is 4.56. The van der Waals surface area contributed by atoms with Gasteiger partial charge in [0.15, 0.2) is 0 Å². The summed E-state index contributed by atoms with van der Waals surface area (Å²) in [5.41, 5.74) is 2.88. The van der Waals surface area contributed by atoms with Gasteiger partial charge in [-0.05, 0) is 29.2 Å². The van der Waals surface area contributed by atoms with E-state index in [2.05, 4.69) is 48.2 Å². The summed E-state index contributed by atoms with van der Waals surface area (Å²) in [6.07, 6.45) is 4.01. The molecule has 17 heavy (non-hydrogen) atoms. The largest absolute Gasteiger partial charge is 0.255 e. The van der Waals surface area contributed by atoms with E-state index in [0.29, 0.717) is 11.8 Å². The van der Waals surface area contributed by atoms with Gasteiger partial charge in [0.25, 0.3) is 0 Å². The molecule has 0 bridgehead atoms. The van der Waals surface area contributed by atoms with Crippen LogP contribution in [-0.2, 0) is 0 Å². The molecule has 0 radical (unpaired) electrons. The van der Waals surface area contributed by atoms with E-state index in [1.54, 1.807) is 0 Å². The number of nitrogens with zero attached hydrogens (tertiary/aromatic N) is 5. The Morgan fingerprint density at radius 3 is 2.53 bits per heavy atom. The quantitative estimate of drug-likeness (QED) is 0.814. The molecule has 2 rings (SSSR count). The first-order chi connectivity index (χ1) is 8.19. The van der Waals surface area contributed by atoms with Gasteiger partial charge in [-0.15, -0.1) is 5.10 Å². The lowest BCUT2D eigenvalue weighted by molar-refractivity contribution is 0.642. The first-order valence-corrected chi connectivity index (χ1v) is 6.25. The summed E-state index contributed by atoms with van der Waals surface area (Å²) in [7, 11) is 0. The van der Waals surface area contributed by atoms with Crippen LogP contribution < -0.4 is 0 Å². The van der Waals surface area contributed by atoms with E-state index in [1.165, 1.54) is 0 Å². The molecular formula is C12H19N5. The molecule has 0 amide bonds. The summed E-state index contributed by atoms with van der Waals surface area (Å²) < 4.78 is 1.84. The Morgan fingerprint density at radius 1 is 1.18 bits per heavy atom. The topological polar surface area (TPSA) is 56.0 Å². The van der Waals surface area contributed by atoms with Gasteiger partial charge in [-0.2, -0.15) is 4.52 Å². The Hall–Kier alpha value is -1.52. The van der Waals surface area contributed by atoms with E-state index < -0.39 is 0 Å². The van der Waals surface area contributed by atoms with Crippen LogP contribution in [0.15, 0.2) is 6.20 Å². The molecule has 2 heterocycles. The molecule has 0 aromatic carbocycles. The van der Waals surface area contributed by atoms with Crippen LogP contribution in [0.5, 0.6) is 0 Å². The van der Waals surface area contributed by atoms with Crippen LogP contribution in [-0.4, -0.2) is 25.0 Å². The Labute approximate surface area is 101 Å². The van der Waals surface area contributed by atoms with E-state index in [1.807, 2.05) is 10.7 Å². The smallest absolute Gasteiger partial charge is 0.201 e. The molecule has 0 fully saturated rings. The van der Waals surface area contributed by atoms with Gasteiger partial charge in [0, 0.05) is 12.1 Å². The lowest BCUT2D eigenvalue weighted by atomic mass is 10.0. The van der Waals surface area contributed by atoms with E-state index in [9.17, 15) is 0 Å². The summed E-state index contributed by atoms with van der Waals surface area (Å²) in [4.78, 5) is 4.56. The van der Waals surface area contributed by atoms with Crippen molar-refractivity contribution in [2.24, 2.45) is 0 Å². The predicted molar refractivity (Wildman–Crippen MR) is 66.0 cm³/mol. The molecule has 0 aliphatic rings. The third kappa shape index (κ3) is 2.01. The van der Waals surface area contributed by atoms with Crippen LogP contribution in [0.2, 0.25) is 0 Å². The SMILES string of the molecule is CCC(C)c1ncc(C(C)CC)n2nnnc12. The number of hydrogen-bond acceptors (Lipinski definition) is 4. The maximum atomic E-state index is 4.56. The lowest BCUT2D eigenvalue weighted by Gasteiger charge is -2.13. The molecular weight excluding hydrogens is 214 g/mol. The first kappa shape index (κ1) is 12.0. The van der Waals surface area contributed by atoms with Gasteiger partial charge >= 0.3 is 0 Å². The van der Waals surface area contributed by atoms with Gasteiger partial charge in [0.1, 0.15) is 0 Å². The van der Waals surface area contributed by atoms with Crippen molar-refractivity contribution < 1.29 is 0 Å². The standard InChI is InChI=1S/C12H19N5/c1-5-8(3)10-7-13-11(9(4)6-2)12-14-15-16-17(10)12/h7-9H,5-6H2,1-4H3. The van der Waals surface area contributed by atoms with E-state index in [-0.39, 0.29) is 0 Å². The van der Waals surface area contributed by atoms with E-state index in [4.69, 9.17) is 0 Å². The third-order valence-corrected chi connectivity index (χ3v) is 3.48. The van der Waals surface area contributed by atoms with Crippen molar-refractivity contribution in [2.75, 3.05) is 0 Å². The zero-order chi connectivity index (χ0) is 12.4. The molecule has 0 saturated carbocycles. The number of fused-ring (bicyclic) bond motifs is 1. The summed E-state index contributed by atoms with van der Waals surface area (Å²) in [6, 6.07) is 0. The normalized spacial score (nSPS) is 15.1. The maximum Gasteiger partial charge on any atom is 0.201 e. The van der Waals surface area contributed by atoms with Crippen molar-refractivity contribution in [3.05, 3.63) is 17.6 Å². The molecule has 2 atom stereocenters. The highest BCUT2D eigenvalue weighted by atomic mass is 15.5. The zero-order valence-electron chi connectivity index (χ0n) is 10.9. The fourth-order valence-electron chi connectivity index (χ4n) is 1.85. The van der Waals surface area contributed by atoms with Gasteiger partial charge in [-0.25, -0.2) is 0 Å². The molecule has 0 aliphatic heterocycles. The Morgan fingerprint density at radius 2 is 1.88 bits per heavy atom. The lowest BCUT2D eigenvalue weighted by Crippen LogP contribution is -2.08. The summed E-state index contributed by atoms with van der Waals surface area (Å²) in [5, 5.41) is 12.0. The molecule has 5 nitrogen and oxygen atoms in total. The molecule has 0 saturated heterocycles. The zero-order valence-corrected chi connectivity index (χ0v) is 10.9. The van der Waals surface area contributed by atoms with Crippen LogP contribution in [0.4, 0.5) is 0 Å². The number of tetrazole rings is 1. The minimum absolute atomic E-state index is 0.384. The summed E-state index contributed by atoms with van der Waals surface area (Å²) >= 11 is 0. The monoisotopic (exact) mass is 233 g/mol. The first-order valence-electron chi connectivity index (χ1n) is 6.25. The van der Waals surface area contributed by atoms with Crippen LogP contribution in [0.3, 0.4) is 0 Å². The van der Waals surface area contributed by atoms with Gasteiger partial charge in [-0.1, -0.05) is 27.7 Å². The van der Waals surface area contributed by atoms with E-state index in [0.717, 1.165) is 29.9 Å². The number of rotatable bonds is 4. The minimum atomic E-state index is 0.384. The minimum Gasteiger partial charge on any atom is -0.255 e. The molecule has 0 aliphatic carbocycles. The Bertz CT molecular complexity index is 461. The van der Waals surface area contributed by atoms with Gasteiger partial charge in [-0.3, -0.25) is 4.98 Å². The molecule has 0 N–H and O–H groups in total. The van der Waals surface area contributed by atoms with Crippen LogP contribution in [0, 0.1) is 0 Å². The predicted octanol–water partition coefficient (Wildman–Crippen LogP) is 2.55. The van der Waals surface area contributed by atoms with Crippen molar-refractivity contribution in [3.63, 3.8) is 0 Å². The number of aromatic nitrogens is 5. The number of hydrogen-bond donors (Lipinski definition) is 0. The molecule has 2 unspecified atom stereocenters. The molecule has 2 aromatic heterocycles. The van der Waals surface area contributed by atoms with Gasteiger partial charge < -0.3 is 0 Å². The summed E-state index contributed by atoms with van der Waals surface area (Å²) in [6.45, 7) is 8.62. The Balaban J connectivity index is 2.58. The highest BCUT2D eigenvalue weighted by Gasteiger charge is 2.17. The second-order valence-electron chi connectivity index (χ2n) is 4.60. The molecule has 92 valence electrons. The van der Waals surface area contributed by atoms with Crippen LogP contribution >= 0.6 is 0 Å². The third-order valence-electron chi connectivity index (χ3n) is 3.48. The van der Waals surface area contributed by atoms with Crippen molar-refractivity contribution in [2.45, 2.75) is 52.4 Å². The second-order valence-corrected chi connectivity index (χ2v) is 4.60. The fraction of sp³-hybridized carbons (Fsp3) is 0.667. The van der Waals surface area contributed by atoms with Crippen molar-refractivity contribution in [1.29, 1.82) is 0 Å². The van der Waals surface area contributed by atoms with Crippen molar-refractivity contribution in [3.8, 4) is 0 Å². The molecule has 5 heteroatoms. The van der Waals surface area contributed by atoms with E-state index >= 15 is 0 Å².